The molecule has 4 heteroatoms. The van der Waals surface area contributed by atoms with Gasteiger partial charge in [-0.1, -0.05) is 0 Å². The first-order valence-corrected chi connectivity index (χ1v) is 7.29. The minimum absolute atomic E-state index is 0.00862. The lowest BCUT2D eigenvalue weighted by Gasteiger charge is -2.34. The van der Waals surface area contributed by atoms with E-state index >= 15 is 0 Å². The SMILES string of the molecule is CC(=O)c1ccc(C(C)=O)c(N2CCC3(CC2)CC3)n1. The molecule has 1 aromatic heterocycles. The second-order valence-electron chi connectivity index (χ2n) is 6.17. The molecule has 0 amide bonds. The topological polar surface area (TPSA) is 50.3 Å². The van der Waals surface area contributed by atoms with Crippen LogP contribution in [0.3, 0.4) is 0 Å². The molecule has 0 atom stereocenters. The van der Waals surface area contributed by atoms with E-state index < -0.39 is 0 Å². The van der Waals surface area contributed by atoms with Crippen molar-refractivity contribution in [3.63, 3.8) is 0 Å². The molecular formula is C16H20N2O2. The van der Waals surface area contributed by atoms with Gasteiger partial charge in [0, 0.05) is 20.0 Å². The van der Waals surface area contributed by atoms with E-state index in [1.807, 2.05) is 0 Å². The molecule has 0 bridgehead atoms. The molecule has 1 aliphatic heterocycles. The summed E-state index contributed by atoms with van der Waals surface area (Å²) >= 11 is 0. The highest BCUT2D eigenvalue weighted by Gasteiger charge is 2.44. The monoisotopic (exact) mass is 272 g/mol. The van der Waals surface area contributed by atoms with E-state index in [2.05, 4.69) is 9.88 Å². The van der Waals surface area contributed by atoms with Crippen LogP contribution in [-0.2, 0) is 0 Å². The predicted molar refractivity (Wildman–Crippen MR) is 77.4 cm³/mol. The van der Waals surface area contributed by atoms with Gasteiger partial charge in [-0.25, -0.2) is 4.98 Å². The van der Waals surface area contributed by atoms with Gasteiger partial charge in [0.15, 0.2) is 11.6 Å². The summed E-state index contributed by atoms with van der Waals surface area (Å²) in [5, 5.41) is 0. The number of anilines is 1. The van der Waals surface area contributed by atoms with Gasteiger partial charge in [0.05, 0.1) is 5.56 Å². The Hall–Kier alpha value is -1.71. The first kappa shape index (κ1) is 13.3. The van der Waals surface area contributed by atoms with E-state index in [1.54, 1.807) is 19.1 Å². The van der Waals surface area contributed by atoms with Crippen LogP contribution >= 0.6 is 0 Å². The highest BCUT2D eigenvalue weighted by Crippen LogP contribution is 2.53. The predicted octanol–water partition coefficient (Wildman–Crippen LogP) is 2.87. The molecule has 20 heavy (non-hydrogen) atoms. The maximum Gasteiger partial charge on any atom is 0.178 e. The molecule has 1 spiro atoms. The second-order valence-corrected chi connectivity index (χ2v) is 6.17. The molecule has 2 aliphatic rings. The molecule has 3 rings (SSSR count). The van der Waals surface area contributed by atoms with Gasteiger partial charge in [-0.3, -0.25) is 9.59 Å². The van der Waals surface area contributed by atoms with Crippen molar-refractivity contribution in [2.45, 2.75) is 39.5 Å². The number of piperidine rings is 1. The molecule has 2 fully saturated rings. The fourth-order valence-electron chi connectivity index (χ4n) is 3.03. The Morgan fingerprint density at radius 3 is 2.20 bits per heavy atom. The zero-order valence-electron chi connectivity index (χ0n) is 12.1. The average Bonchev–Trinajstić information content (AvgIpc) is 3.18. The van der Waals surface area contributed by atoms with Gasteiger partial charge in [-0.15, -0.1) is 0 Å². The maximum atomic E-state index is 11.8. The first-order valence-electron chi connectivity index (χ1n) is 7.29. The fourth-order valence-corrected chi connectivity index (χ4v) is 3.03. The van der Waals surface area contributed by atoms with Gasteiger partial charge in [0.2, 0.25) is 0 Å². The van der Waals surface area contributed by atoms with Crippen molar-refractivity contribution in [1.29, 1.82) is 0 Å². The molecular weight excluding hydrogens is 252 g/mol. The van der Waals surface area contributed by atoms with Crippen molar-refractivity contribution in [3.05, 3.63) is 23.4 Å². The zero-order chi connectivity index (χ0) is 14.3. The van der Waals surface area contributed by atoms with Crippen molar-refractivity contribution < 1.29 is 9.59 Å². The van der Waals surface area contributed by atoms with Crippen LogP contribution < -0.4 is 4.90 Å². The number of ketones is 2. The highest BCUT2D eigenvalue weighted by molar-refractivity contribution is 6.00. The van der Waals surface area contributed by atoms with Gasteiger partial charge in [-0.2, -0.15) is 0 Å². The van der Waals surface area contributed by atoms with Crippen LogP contribution in [0.4, 0.5) is 5.82 Å². The van der Waals surface area contributed by atoms with Gasteiger partial charge < -0.3 is 4.90 Å². The van der Waals surface area contributed by atoms with Crippen LogP contribution in [-0.4, -0.2) is 29.6 Å². The Kier molecular flexibility index (Phi) is 3.11. The van der Waals surface area contributed by atoms with Crippen LogP contribution in [0.15, 0.2) is 12.1 Å². The maximum absolute atomic E-state index is 11.8. The molecule has 4 nitrogen and oxygen atoms in total. The molecule has 1 aromatic rings. The third kappa shape index (κ3) is 2.35. The van der Waals surface area contributed by atoms with E-state index in [9.17, 15) is 9.59 Å². The van der Waals surface area contributed by atoms with Crippen molar-refractivity contribution in [3.8, 4) is 0 Å². The lowest BCUT2D eigenvalue weighted by molar-refractivity contribution is 0.0998. The molecule has 1 saturated carbocycles. The third-order valence-electron chi connectivity index (χ3n) is 4.70. The summed E-state index contributed by atoms with van der Waals surface area (Å²) in [6.45, 7) is 4.94. The van der Waals surface area contributed by atoms with Crippen LogP contribution in [0.2, 0.25) is 0 Å². The Labute approximate surface area is 119 Å². The minimum atomic E-state index is -0.0583. The standard InChI is InChI=1S/C16H20N2O2/c1-11(19)13-3-4-14(12(2)20)17-15(13)18-9-7-16(5-6-16)8-10-18/h3-4H,5-10H2,1-2H3. The van der Waals surface area contributed by atoms with E-state index in [0.717, 1.165) is 13.1 Å². The average molecular weight is 272 g/mol. The lowest BCUT2D eigenvalue weighted by Crippen LogP contribution is -2.36. The molecule has 0 N–H and O–H groups in total. The summed E-state index contributed by atoms with van der Waals surface area (Å²) in [7, 11) is 0. The summed E-state index contributed by atoms with van der Waals surface area (Å²) in [6.07, 6.45) is 5.05. The van der Waals surface area contributed by atoms with E-state index in [0.29, 0.717) is 22.5 Å². The van der Waals surface area contributed by atoms with Gasteiger partial charge in [-0.05, 0) is 50.2 Å². The summed E-state index contributed by atoms with van der Waals surface area (Å²) in [4.78, 5) is 29.9. The van der Waals surface area contributed by atoms with Crippen molar-refractivity contribution in [2.24, 2.45) is 5.41 Å². The smallest absolute Gasteiger partial charge is 0.178 e. The largest absolute Gasteiger partial charge is 0.356 e. The highest BCUT2D eigenvalue weighted by atomic mass is 16.1. The molecule has 0 radical (unpaired) electrons. The van der Waals surface area contributed by atoms with Crippen LogP contribution in [0.25, 0.3) is 0 Å². The van der Waals surface area contributed by atoms with Crippen molar-refractivity contribution in [1.82, 2.24) is 4.98 Å². The van der Waals surface area contributed by atoms with E-state index in [-0.39, 0.29) is 11.6 Å². The number of carbonyl (C=O) groups is 2. The zero-order valence-corrected chi connectivity index (χ0v) is 12.1. The molecule has 1 aliphatic carbocycles. The van der Waals surface area contributed by atoms with Crippen molar-refractivity contribution >= 4 is 17.4 Å². The Morgan fingerprint density at radius 2 is 1.70 bits per heavy atom. The Balaban J connectivity index is 1.91. The normalized spacial score (nSPS) is 20.0. The van der Waals surface area contributed by atoms with Crippen LogP contribution in [0, 0.1) is 5.41 Å². The number of pyridine rings is 1. The van der Waals surface area contributed by atoms with Crippen LogP contribution in [0.1, 0.15) is 60.4 Å². The number of Topliss-reactive ketones (excluding diaryl/α,β-unsaturated/α-hetero) is 2. The lowest BCUT2D eigenvalue weighted by atomic mass is 9.93. The summed E-state index contributed by atoms with van der Waals surface area (Å²) < 4.78 is 0. The van der Waals surface area contributed by atoms with E-state index in [4.69, 9.17) is 0 Å². The number of hydrogen-bond donors (Lipinski definition) is 0. The number of rotatable bonds is 3. The minimum Gasteiger partial charge on any atom is -0.356 e. The summed E-state index contributed by atoms with van der Waals surface area (Å²) in [5.41, 5.74) is 1.66. The first-order chi connectivity index (χ1) is 9.51. The number of carbonyl (C=O) groups excluding carboxylic acids is 2. The molecule has 1 saturated heterocycles. The molecule has 0 aromatic carbocycles. The quantitative estimate of drug-likeness (QED) is 0.794. The third-order valence-corrected chi connectivity index (χ3v) is 4.70. The number of aromatic nitrogens is 1. The Morgan fingerprint density at radius 1 is 1.05 bits per heavy atom. The Bertz CT molecular complexity index is 566. The number of nitrogens with zero attached hydrogens (tertiary/aromatic N) is 2. The second kappa shape index (κ2) is 4.69. The summed E-state index contributed by atoms with van der Waals surface area (Å²) in [5.74, 6) is 0.645. The van der Waals surface area contributed by atoms with Gasteiger partial charge in [0.1, 0.15) is 11.5 Å². The number of hydrogen-bond acceptors (Lipinski definition) is 4. The van der Waals surface area contributed by atoms with Gasteiger partial charge >= 0.3 is 0 Å². The van der Waals surface area contributed by atoms with Crippen LogP contribution in [0.5, 0.6) is 0 Å². The molecule has 0 unspecified atom stereocenters. The van der Waals surface area contributed by atoms with E-state index in [1.165, 1.54) is 32.6 Å². The fraction of sp³-hybridized carbons (Fsp3) is 0.562. The summed E-state index contributed by atoms with van der Waals surface area (Å²) in [6, 6.07) is 3.39. The molecule has 2 heterocycles. The van der Waals surface area contributed by atoms with Gasteiger partial charge in [0.25, 0.3) is 0 Å². The van der Waals surface area contributed by atoms with Crippen molar-refractivity contribution in [2.75, 3.05) is 18.0 Å². The molecule has 106 valence electrons.